The molecule has 8 nitrogen and oxygen atoms in total. The van der Waals surface area contributed by atoms with Crippen LogP contribution in [0.3, 0.4) is 0 Å². The zero-order valence-electron chi connectivity index (χ0n) is 15.5. The molecule has 0 radical (unpaired) electrons. The Kier molecular flexibility index (Phi) is 4.25. The van der Waals surface area contributed by atoms with Gasteiger partial charge in [-0.2, -0.15) is 4.98 Å². The number of anilines is 1. The largest absolute Gasteiger partial charge is 0.422 e. The number of hydrogen-bond donors (Lipinski definition) is 2. The maximum atomic E-state index is 12.7. The van der Waals surface area contributed by atoms with Gasteiger partial charge in [0.15, 0.2) is 5.65 Å². The summed E-state index contributed by atoms with van der Waals surface area (Å²) < 4.78 is 5.52. The van der Waals surface area contributed by atoms with Crippen LogP contribution in [-0.4, -0.2) is 46.1 Å². The Morgan fingerprint density at radius 1 is 1.10 bits per heavy atom. The van der Waals surface area contributed by atoms with Crippen LogP contribution >= 0.6 is 12.4 Å². The molecule has 2 N–H and O–H groups in total. The van der Waals surface area contributed by atoms with E-state index in [1.165, 1.54) is 0 Å². The highest BCUT2D eigenvalue weighted by Crippen LogP contribution is 2.31. The normalized spacial score (nSPS) is 20.9. The van der Waals surface area contributed by atoms with E-state index in [-0.39, 0.29) is 12.4 Å². The number of aromatic amines is 1. The first kappa shape index (κ1) is 18.1. The fourth-order valence-electron chi connectivity index (χ4n) is 4.40. The number of fused-ring (bicyclic) bond motifs is 3. The first-order valence-corrected chi connectivity index (χ1v) is 9.46. The van der Waals surface area contributed by atoms with Crippen molar-refractivity contribution < 1.29 is 4.42 Å². The predicted octanol–water partition coefficient (Wildman–Crippen LogP) is 2.20. The van der Waals surface area contributed by atoms with Crippen LogP contribution in [0.5, 0.6) is 0 Å². The van der Waals surface area contributed by atoms with E-state index < -0.39 is 5.63 Å². The third-order valence-corrected chi connectivity index (χ3v) is 5.84. The zero-order chi connectivity index (χ0) is 18.7. The van der Waals surface area contributed by atoms with Crippen molar-refractivity contribution in [3.05, 3.63) is 47.1 Å². The van der Waals surface area contributed by atoms with E-state index in [9.17, 15) is 4.79 Å². The van der Waals surface area contributed by atoms with Crippen molar-refractivity contribution in [2.75, 3.05) is 31.1 Å². The number of nitrogens with one attached hydrogen (secondary N) is 2. The minimum Gasteiger partial charge on any atom is -0.422 e. The molecule has 2 saturated heterocycles. The molecule has 6 rings (SSSR count). The van der Waals surface area contributed by atoms with E-state index in [1.54, 1.807) is 12.4 Å². The SMILES string of the molecule is Cl.O=c1oc2ccccc2cc1-c1nc(N2CC3CNCC3C2)nc2[nH]cnc12. The summed E-state index contributed by atoms with van der Waals surface area (Å²) in [6.45, 7) is 3.91. The summed E-state index contributed by atoms with van der Waals surface area (Å²) in [6, 6.07) is 9.29. The molecule has 9 heteroatoms. The number of nitrogens with zero attached hydrogens (tertiary/aromatic N) is 4. The molecule has 0 bridgehead atoms. The van der Waals surface area contributed by atoms with E-state index in [0.717, 1.165) is 31.6 Å². The lowest BCUT2D eigenvalue weighted by atomic mass is 10.0. The standard InChI is InChI=1S/C20H18N6O2.ClH/c27-19-14(5-11-3-1-2-4-15(11)28-19)16-17-18(23-10-22-17)25-20(24-16)26-8-12-6-21-7-13(12)9-26;/h1-5,10,12-13,21H,6-9H2,(H,22,23,24,25);1H. The topological polar surface area (TPSA) is 99.9 Å². The molecule has 1 aromatic carbocycles. The first-order chi connectivity index (χ1) is 13.8. The fraction of sp³-hybridized carbons (Fsp3) is 0.300. The van der Waals surface area contributed by atoms with Gasteiger partial charge in [-0.3, -0.25) is 0 Å². The monoisotopic (exact) mass is 410 g/mol. The molecular weight excluding hydrogens is 392 g/mol. The Labute approximate surface area is 171 Å². The van der Waals surface area contributed by atoms with Crippen LogP contribution in [0.2, 0.25) is 0 Å². The van der Waals surface area contributed by atoms with E-state index in [0.29, 0.717) is 45.8 Å². The van der Waals surface area contributed by atoms with Gasteiger partial charge in [-0.1, -0.05) is 18.2 Å². The van der Waals surface area contributed by atoms with Crippen LogP contribution in [0.25, 0.3) is 33.4 Å². The van der Waals surface area contributed by atoms with Crippen molar-refractivity contribution >= 4 is 40.5 Å². The Bertz CT molecular complexity index is 1260. The molecule has 2 atom stereocenters. The van der Waals surface area contributed by atoms with Gasteiger partial charge in [0.25, 0.3) is 0 Å². The van der Waals surface area contributed by atoms with Gasteiger partial charge in [-0.05, 0) is 24.0 Å². The van der Waals surface area contributed by atoms with Gasteiger partial charge in [0.05, 0.1) is 11.9 Å². The summed E-state index contributed by atoms with van der Waals surface area (Å²) in [7, 11) is 0. The number of benzene rings is 1. The Hall–Kier alpha value is -2.97. The molecule has 29 heavy (non-hydrogen) atoms. The molecule has 0 aliphatic carbocycles. The van der Waals surface area contributed by atoms with Crippen molar-refractivity contribution in [3.8, 4) is 11.3 Å². The van der Waals surface area contributed by atoms with Crippen molar-refractivity contribution in [3.63, 3.8) is 0 Å². The van der Waals surface area contributed by atoms with Crippen LogP contribution in [-0.2, 0) is 0 Å². The molecule has 0 spiro atoms. The van der Waals surface area contributed by atoms with Crippen LogP contribution < -0.4 is 15.8 Å². The molecule has 0 saturated carbocycles. The van der Waals surface area contributed by atoms with E-state index in [2.05, 4.69) is 25.2 Å². The minimum absolute atomic E-state index is 0. The maximum absolute atomic E-state index is 12.7. The first-order valence-electron chi connectivity index (χ1n) is 9.46. The van der Waals surface area contributed by atoms with Gasteiger partial charge < -0.3 is 19.6 Å². The lowest BCUT2D eigenvalue weighted by Gasteiger charge is -2.18. The fourth-order valence-corrected chi connectivity index (χ4v) is 4.40. The summed E-state index contributed by atoms with van der Waals surface area (Å²) in [5, 5.41) is 4.30. The molecule has 148 valence electrons. The van der Waals surface area contributed by atoms with Gasteiger partial charge in [-0.15, -0.1) is 12.4 Å². The number of hydrogen-bond acceptors (Lipinski definition) is 7. The zero-order valence-corrected chi connectivity index (χ0v) is 16.3. The number of halogens is 1. The summed E-state index contributed by atoms with van der Waals surface area (Å²) in [5.74, 6) is 1.87. The summed E-state index contributed by atoms with van der Waals surface area (Å²) >= 11 is 0. The van der Waals surface area contributed by atoms with Gasteiger partial charge in [0.1, 0.15) is 16.8 Å². The quantitative estimate of drug-likeness (QED) is 0.488. The average Bonchev–Trinajstić information content (AvgIpc) is 3.42. The summed E-state index contributed by atoms with van der Waals surface area (Å²) in [6.07, 6.45) is 1.58. The van der Waals surface area contributed by atoms with Crippen LogP contribution in [0.4, 0.5) is 5.95 Å². The number of rotatable bonds is 2. The Morgan fingerprint density at radius 3 is 2.72 bits per heavy atom. The highest BCUT2D eigenvalue weighted by molar-refractivity contribution is 5.90. The van der Waals surface area contributed by atoms with Gasteiger partial charge >= 0.3 is 5.63 Å². The van der Waals surface area contributed by atoms with E-state index >= 15 is 0 Å². The second kappa shape index (κ2) is 6.82. The van der Waals surface area contributed by atoms with E-state index in [4.69, 9.17) is 9.40 Å². The average molecular weight is 411 g/mol. The lowest BCUT2D eigenvalue weighted by molar-refractivity contribution is 0.533. The van der Waals surface area contributed by atoms with Gasteiger partial charge in [0, 0.05) is 31.6 Å². The van der Waals surface area contributed by atoms with Crippen LogP contribution in [0.15, 0.2) is 45.9 Å². The summed E-state index contributed by atoms with van der Waals surface area (Å²) in [4.78, 5) is 31.8. The third-order valence-electron chi connectivity index (χ3n) is 5.84. The van der Waals surface area contributed by atoms with Crippen LogP contribution in [0.1, 0.15) is 0 Å². The Balaban J connectivity index is 0.00000181. The van der Waals surface area contributed by atoms with Crippen molar-refractivity contribution in [2.24, 2.45) is 11.8 Å². The van der Waals surface area contributed by atoms with E-state index in [1.807, 2.05) is 24.3 Å². The third kappa shape index (κ3) is 2.87. The van der Waals surface area contributed by atoms with Crippen molar-refractivity contribution in [2.45, 2.75) is 0 Å². The van der Waals surface area contributed by atoms with Crippen molar-refractivity contribution in [1.29, 1.82) is 0 Å². The predicted molar refractivity (Wildman–Crippen MR) is 112 cm³/mol. The number of aromatic nitrogens is 4. The second-order valence-corrected chi connectivity index (χ2v) is 7.54. The highest BCUT2D eigenvalue weighted by Gasteiger charge is 2.37. The molecule has 0 amide bonds. The molecule has 2 aliphatic rings. The van der Waals surface area contributed by atoms with Crippen molar-refractivity contribution in [1.82, 2.24) is 25.3 Å². The smallest absolute Gasteiger partial charge is 0.345 e. The molecule has 4 aromatic rings. The molecule has 5 heterocycles. The summed E-state index contributed by atoms with van der Waals surface area (Å²) in [5.41, 5.74) is 2.25. The maximum Gasteiger partial charge on any atom is 0.345 e. The molecule has 2 unspecified atom stereocenters. The Morgan fingerprint density at radius 2 is 1.90 bits per heavy atom. The molecule has 2 aliphatic heterocycles. The minimum atomic E-state index is -0.421. The number of para-hydroxylation sites is 1. The second-order valence-electron chi connectivity index (χ2n) is 7.54. The molecular formula is C20H19ClN6O2. The highest BCUT2D eigenvalue weighted by atomic mass is 35.5. The van der Waals surface area contributed by atoms with Gasteiger partial charge in [0.2, 0.25) is 5.95 Å². The number of imidazole rings is 1. The molecule has 2 fully saturated rings. The van der Waals surface area contributed by atoms with Crippen LogP contribution in [0, 0.1) is 11.8 Å². The molecule has 3 aromatic heterocycles. The lowest BCUT2D eigenvalue weighted by Crippen LogP contribution is -2.27. The van der Waals surface area contributed by atoms with Gasteiger partial charge in [-0.25, -0.2) is 14.8 Å². The number of H-pyrrole nitrogens is 1.